The van der Waals surface area contributed by atoms with Crippen LogP contribution in [0.4, 0.5) is 0 Å². The van der Waals surface area contributed by atoms with Crippen molar-refractivity contribution in [2.24, 2.45) is 0 Å². The first kappa shape index (κ1) is 14.7. The van der Waals surface area contributed by atoms with Crippen molar-refractivity contribution in [2.75, 3.05) is 13.2 Å². The Bertz CT molecular complexity index is 477. The Morgan fingerprint density at radius 3 is 2.67 bits per heavy atom. The fourth-order valence-corrected chi connectivity index (χ4v) is 3.17. The number of hydrogen-bond donors (Lipinski definition) is 2. The fourth-order valence-electron chi connectivity index (χ4n) is 3.17. The average molecular weight is 291 g/mol. The van der Waals surface area contributed by atoms with Crippen LogP contribution in [0.15, 0.2) is 18.2 Å². The molecule has 1 heterocycles. The lowest BCUT2D eigenvalue weighted by molar-refractivity contribution is 0.0859. The van der Waals surface area contributed by atoms with Crippen LogP contribution in [0.25, 0.3) is 0 Å². The highest BCUT2D eigenvalue weighted by Crippen LogP contribution is 2.32. The van der Waals surface area contributed by atoms with Gasteiger partial charge < -0.3 is 19.9 Å². The molecule has 2 aliphatic rings. The van der Waals surface area contributed by atoms with Crippen molar-refractivity contribution in [3.63, 3.8) is 0 Å². The maximum absolute atomic E-state index is 10.1. The molecule has 3 rings (SSSR count). The highest BCUT2D eigenvalue weighted by Gasteiger charge is 2.24. The number of aliphatic hydroxyl groups excluding tert-OH is 1. The molecule has 1 aliphatic carbocycles. The summed E-state index contributed by atoms with van der Waals surface area (Å²) < 4.78 is 11.4. The van der Waals surface area contributed by atoms with Crippen molar-refractivity contribution in [2.45, 2.75) is 57.2 Å². The molecule has 1 aliphatic heterocycles. The van der Waals surface area contributed by atoms with Crippen LogP contribution >= 0.6 is 0 Å². The zero-order valence-electron chi connectivity index (χ0n) is 12.7. The Morgan fingerprint density at radius 1 is 1.10 bits per heavy atom. The maximum atomic E-state index is 10.1. The van der Waals surface area contributed by atoms with Gasteiger partial charge in [0.15, 0.2) is 11.5 Å². The minimum atomic E-state index is -0.221. The van der Waals surface area contributed by atoms with Crippen LogP contribution in [-0.2, 0) is 0 Å². The van der Waals surface area contributed by atoms with Crippen LogP contribution in [0, 0.1) is 0 Å². The third-order valence-electron chi connectivity index (χ3n) is 4.47. The second-order valence-electron chi connectivity index (χ2n) is 6.10. The molecule has 4 nitrogen and oxygen atoms in total. The summed E-state index contributed by atoms with van der Waals surface area (Å²) in [6.07, 6.45) is 5.00. The van der Waals surface area contributed by atoms with E-state index < -0.39 is 0 Å². The molecule has 4 heteroatoms. The molecule has 3 unspecified atom stereocenters. The highest BCUT2D eigenvalue weighted by atomic mass is 16.5. The fraction of sp³-hybridized carbons (Fsp3) is 0.647. The number of hydrogen-bond acceptors (Lipinski definition) is 4. The van der Waals surface area contributed by atoms with E-state index >= 15 is 0 Å². The van der Waals surface area contributed by atoms with Gasteiger partial charge in [0.1, 0.15) is 0 Å². The molecule has 0 saturated heterocycles. The summed E-state index contributed by atoms with van der Waals surface area (Å²) in [5, 5.41) is 13.6. The molecule has 21 heavy (non-hydrogen) atoms. The summed E-state index contributed by atoms with van der Waals surface area (Å²) in [5.74, 6) is 1.67. The molecule has 1 aromatic rings. The zero-order chi connectivity index (χ0) is 14.7. The van der Waals surface area contributed by atoms with E-state index in [4.69, 9.17) is 9.47 Å². The molecule has 116 valence electrons. The Morgan fingerprint density at radius 2 is 1.86 bits per heavy atom. The summed E-state index contributed by atoms with van der Waals surface area (Å²) in [6, 6.07) is 6.53. The van der Waals surface area contributed by atoms with E-state index in [0.29, 0.717) is 13.2 Å². The van der Waals surface area contributed by atoms with Crippen molar-refractivity contribution in [1.82, 2.24) is 5.32 Å². The van der Waals surface area contributed by atoms with Crippen LogP contribution in [0.1, 0.15) is 50.6 Å². The predicted molar refractivity (Wildman–Crippen MR) is 81.9 cm³/mol. The Hall–Kier alpha value is -1.26. The average Bonchev–Trinajstić information content (AvgIpc) is 2.74. The Balaban J connectivity index is 1.69. The second kappa shape index (κ2) is 6.67. The third-order valence-corrected chi connectivity index (χ3v) is 4.47. The van der Waals surface area contributed by atoms with Gasteiger partial charge in [0.05, 0.1) is 19.3 Å². The quantitative estimate of drug-likeness (QED) is 0.899. The van der Waals surface area contributed by atoms with E-state index in [9.17, 15) is 5.11 Å². The molecule has 1 fully saturated rings. The van der Waals surface area contributed by atoms with Gasteiger partial charge in [-0.2, -0.15) is 0 Å². The normalized spacial score (nSPS) is 27.0. The number of nitrogens with one attached hydrogen (secondary N) is 1. The highest BCUT2D eigenvalue weighted by molar-refractivity contribution is 5.44. The zero-order valence-corrected chi connectivity index (χ0v) is 12.7. The molecule has 0 amide bonds. The number of rotatable bonds is 3. The van der Waals surface area contributed by atoms with Crippen molar-refractivity contribution in [1.29, 1.82) is 0 Å². The molecular weight excluding hydrogens is 266 g/mol. The molecule has 2 N–H and O–H groups in total. The van der Waals surface area contributed by atoms with Crippen LogP contribution in [0.3, 0.4) is 0 Å². The third kappa shape index (κ3) is 3.50. The number of fused-ring (bicyclic) bond motifs is 1. The summed E-state index contributed by atoms with van der Waals surface area (Å²) >= 11 is 0. The first-order valence-corrected chi connectivity index (χ1v) is 8.08. The van der Waals surface area contributed by atoms with Crippen molar-refractivity contribution in [3.05, 3.63) is 23.8 Å². The smallest absolute Gasteiger partial charge is 0.161 e. The van der Waals surface area contributed by atoms with Gasteiger partial charge in [-0.05, 0) is 37.5 Å². The van der Waals surface area contributed by atoms with Gasteiger partial charge in [0.25, 0.3) is 0 Å². The van der Waals surface area contributed by atoms with Crippen molar-refractivity contribution in [3.8, 4) is 11.5 Å². The second-order valence-corrected chi connectivity index (χ2v) is 6.10. The molecule has 1 aromatic carbocycles. The number of benzene rings is 1. The molecule has 0 aromatic heterocycles. The Labute approximate surface area is 126 Å². The lowest BCUT2D eigenvalue weighted by Crippen LogP contribution is -2.43. The van der Waals surface area contributed by atoms with E-state index in [0.717, 1.165) is 37.2 Å². The van der Waals surface area contributed by atoms with Gasteiger partial charge >= 0.3 is 0 Å². The van der Waals surface area contributed by atoms with E-state index in [-0.39, 0.29) is 18.2 Å². The van der Waals surface area contributed by atoms with Gasteiger partial charge in [-0.15, -0.1) is 0 Å². The van der Waals surface area contributed by atoms with E-state index in [1.807, 2.05) is 6.07 Å². The molecule has 1 saturated carbocycles. The molecular formula is C17H25NO3. The van der Waals surface area contributed by atoms with Crippen LogP contribution in [0.5, 0.6) is 11.5 Å². The van der Waals surface area contributed by atoms with Gasteiger partial charge in [0, 0.05) is 18.5 Å². The number of ether oxygens (including phenoxy) is 2. The van der Waals surface area contributed by atoms with Crippen LogP contribution in [0.2, 0.25) is 0 Å². The van der Waals surface area contributed by atoms with Gasteiger partial charge in [-0.3, -0.25) is 0 Å². The molecule has 3 atom stereocenters. The number of aliphatic hydroxyl groups is 1. The van der Waals surface area contributed by atoms with Crippen molar-refractivity contribution >= 4 is 0 Å². The van der Waals surface area contributed by atoms with Gasteiger partial charge in [-0.25, -0.2) is 0 Å². The van der Waals surface area contributed by atoms with Gasteiger partial charge in [0.2, 0.25) is 0 Å². The summed E-state index contributed by atoms with van der Waals surface area (Å²) in [5.41, 5.74) is 1.18. The lowest BCUT2D eigenvalue weighted by Gasteiger charge is -2.31. The predicted octanol–water partition coefficient (Wildman–Crippen LogP) is 2.80. The SMILES string of the molecule is CC(NC1CCCCC1O)c1ccc2c(c1)OCCCO2. The first-order chi connectivity index (χ1) is 10.2. The maximum Gasteiger partial charge on any atom is 0.161 e. The van der Waals surface area contributed by atoms with E-state index in [1.54, 1.807) is 0 Å². The molecule has 0 spiro atoms. The standard InChI is InChI=1S/C17H25NO3/c1-12(18-14-5-2-3-6-15(14)19)13-7-8-16-17(11-13)21-10-4-9-20-16/h7-8,11-12,14-15,18-19H,2-6,9-10H2,1H3. The first-order valence-electron chi connectivity index (χ1n) is 8.08. The summed E-state index contributed by atoms with van der Waals surface area (Å²) in [6.45, 7) is 3.56. The molecule has 0 radical (unpaired) electrons. The Kier molecular flexibility index (Phi) is 4.66. The van der Waals surface area contributed by atoms with Crippen LogP contribution in [-0.4, -0.2) is 30.5 Å². The summed E-state index contributed by atoms with van der Waals surface area (Å²) in [7, 11) is 0. The monoisotopic (exact) mass is 291 g/mol. The summed E-state index contributed by atoms with van der Waals surface area (Å²) in [4.78, 5) is 0. The molecule has 0 bridgehead atoms. The van der Waals surface area contributed by atoms with E-state index in [2.05, 4.69) is 24.4 Å². The lowest BCUT2D eigenvalue weighted by atomic mass is 9.91. The topological polar surface area (TPSA) is 50.7 Å². The largest absolute Gasteiger partial charge is 0.490 e. The van der Waals surface area contributed by atoms with Crippen molar-refractivity contribution < 1.29 is 14.6 Å². The minimum absolute atomic E-state index is 0.194. The minimum Gasteiger partial charge on any atom is -0.490 e. The van der Waals surface area contributed by atoms with Crippen LogP contribution < -0.4 is 14.8 Å². The van der Waals surface area contributed by atoms with E-state index in [1.165, 1.54) is 12.0 Å². The van der Waals surface area contributed by atoms with Gasteiger partial charge in [-0.1, -0.05) is 18.9 Å².